The molecule has 0 spiro atoms. The molecule has 3 rings (SSSR count). The van der Waals surface area contributed by atoms with Gasteiger partial charge in [0.1, 0.15) is 11.6 Å². The molecule has 1 N–H and O–H groups in total. The van der Waals surface area contributed by atoms with Gasteiger partial charge in [-0.05, 0) is 62.0 Å². The molecule has 0 saturated carbocycles. The average Bonchev–Trinajstić information content (AvgIpc) is 3.21. The summed E-state index contributed by atoms with van der Waals surface area (Å²) in [5.41, 5.74) is 1.25. The zero-order valence-corrected chi connectivity index (χ0v) is 17.7. The molecule has 1 aromatic heterocycles. The summed E-state index contributed by atoms with van der Waals surface area (Å²) in [4.78, 5) is 15.0. The van der Waals surface area contributed by atoms with Crippen molar-refractivity contribution < 1.29 is 17.8 Å². The van der Waals surface area contributed by atoms with Crippen LogP contribution in [0.2, 0.25) is 0 Å². The smallest absolute Gasteiger partial charge is 0.286 e. The van der Waals surface area contributed by atoms with Crippen LogP contribution in [0.1, 0.15) is 28.3 Å². The number of rotatable bonds is 10. The van der Waals surface area contributed by atoms with Crippen molar-refractivity contribution >= 4 is 16.7 Å². The number of furan rings is 1. The summed E-state index contributed by atoms with van der Waals surface area (Å²) >= 11 is 0. The van der Waals surface area contributed by atoms with Crippen molar-refractivity contribution in [1.82, 2.24) is 10.2 Å². The number of nitrogens with one attached hydrogen (secondary N) is 1. The fourth-order valence-corrected chi connectivity index (χ4v) is 4.01. The zero-order chi connectivity index (χ0) is 21.3. The number of carbonyl (C=O) groups excluding carboxylic acids is 1. The predicted molar refractivity (Wildman–Crippen MR) is 115 cm³/mol. The molecular formula is C23H25FN2O3S. The van der Waals surface area contributed by atoms with Crippen LogP contribution in [0.3, 0.4) is 0 Å². The molecule has 0 aliphatic rings. The summed E-state index contributed by atoms with van der Waals surface area (Å²) in [5.74, 6) is 0.103. The van der Waals surface area contributed by atoms with Gasteiger partial charge >= 0.3 is 0 Å². The molecule has 5 nitrogen and oxygen atoms in total. The van der Waals surface area contributed by atoms with Gasteiger partial charge in [0.2, 0.25) is 0 Å². The Labute approximate surface area is 178 Å². The number of hydrogen-bond donors (Lipinski definition) is 1. The first kappa shape index (κ1) is 21.9. The molecule has 158 valence electrons. The number of nitrogens with zero attached hydrogens (tertiary/aromatic N) is 1. The van der Waals surface area contributed by atoms with Crippen molar-refractivity contribution in [1.29, 1.82) is 0 Å². The van der Waals surface area contributed by atoms with Crippen LogP contribution in [0.15, 0.2) is 76.0 Å². The standard InChI is InChI=1S/C23H25FN2O3S/c1-26(16-18-6-3-2-4-7-18)15-5-14-25-23(27)22-13-10-20(29-22)17-30(28)21-11-8-19(24)9-12-21/h2-4,6-13H,5,14-17H2,1H3,(H,25,27)/t30-/m1/s1. The number of carbonyl (C=O) groups is 1. The van der Waals surface area contributed by atoms with Gasteiger partial charge in [-0.15, -0.1) is 0 Å². The van der Waals surface area contributed by atoms with E-state index in [0.29, 0.717) is 17.2 Å². The van der Waals surface area contributed by atoms with Crippen molar-refractivity contribution in [2.24, 2.45) is 0 Å². The lowest BCUT2D eigenvalue weighted by Gasteiger charge is -2.16. The van der Waals surface area contributed by atoms with Crippen LogP contribution < -0.4 is 5.32 Å². The molecule has 0 aliphatic carbocycles. The van der Waals surface area contributed by atoms with E-state index in [1.165, 1.54) is 29.8 Å². The minimum atomic E-state index is -1.37. The first-order valence-corrected chi connectivity index (χ1v) is 11.1. The summed E-state index contributed by atoms with van der Waals surface area (Å²) in [6.45, 7) is 2.26. The Morgan fingerprint density at radius 3 is 2.53 bits per heavy atom. The Morgan fingerprint density at radius 2 is 1.80 bits per heavy atom. The Balaban J connectivity index is 1.40. The highest BCUT2D eigenvalue weighted by Gasteiger charge is 2.13. The van der Waals surface area contributed by atoms with Gasteiger partial charge in [-0.2, -0.15) is 0 Å². The van der Waals surface area contributed by atoms with Crippen LogP contribution in [0, 0.1) is 5.82 Å². The summed E-state index contributed by atoms with van der Waals surface area (Å²) < 4.78 is 30.8. The summed E-state index contributed by atoms with van der Waals surface area (Å²) in [6, 6.07) is 19.0. The van der Waals surface area contributed by atoms with E-state index in [9.17, 15) is 13.4 Å². The number of benzene rings is 2. The highest BCUT2D eigenvalue weighted by molar-refractivity contribution is 7.84. The summed E-state index contributed by atoms with van der Waals surface area (Å²) in [7, 11) is 0.681. The fourth-order valence-electron chi connectivity index (χ4n) is 2.99. The van der Waals surface area contributed by atoms with Crippen LogP contribution in [-0.4, -0.2) is 35.2 Å². The third-order valence-corrected chi connectivity index (χ3v) is 5.88. The van der Waals surface area contributed by atoms with Crippen LogP contribution in [0.5, 0.6) is 0 Å². The molecule has 3 aromatic rings. The Hall–Kier alpha value is -2.77. The van der Waals surface area contributed by atoms with E-state index in [-0.39, 0.29) is 23.2 Å². The zero-order valence-electron chi connectivity index (χ0n) is 16.8. The second-order valence-electron chi connectivity index (χ2n) is 7.04. The van der Waals surface area contributed by atoms with E-state index in [1.54, 1.807) is 12.1 Å². The molecule has 7 heteroatoms. The maximum absolute atomic E-state index is 13.0. The average molecular weight is 429 g/mol. The minimum Gasteiger partial charge on any atom is -0.455 e. The van der Waals surface area contributed by atoms with E-state index in [1.807, 2.05) is 18.2 Å². The minimum absolute atomic E-state index is 0.128. The quantitative estimate of drug-likeness (QED) is 0.496. The van der Waals surface area contributed by atoms with Crippen LogP contribution >= 0.6 is 0 Å². The highest BCUT2D eigenvalue weighted by Crippen LogP contribution is 2.15. The molecule has 0 bridgehead atoms. The summed E-state index contributed by atoms with van der Waals surface area (Å²) in [5, 5.41) is 2.85. The van der Waals surface area contributed by atoms with Gasteiger partial charge in [0.15, 0.2) is 5.76 Å². The predicted octanol–water partition coefficient (Wildman–Crippen LogP) is 3.98. The fraction of sp³-hybridized carbons (Fsp3) is 0.261. The molecule has 1 heterocycles. The second kappa shape index (κ2) is 10.8. The molecule has 2 aromatic carbocycles. The Bertz CT molecular complexity index is 974. The van der Waals surface area contributed by atoms with Crippen LogP contribution in [-0.2, 0) is 23.1 Å². The Kier molecular flexibility index (Phi) is 7.93. The largest absolute Gasteiger partial charge is 0.455 e. The lowest BCUT2D eigenvalue weighted by Crippen LogP contribution is -2.27. The monoisotopic (exact) mass is 428 g/mol. The van der Waals surface area contributed by atoms with Crippen molar-refractivity contribution in [3.05, 3.63) is 89.6 Å². The van der Waals surface area contributed by atoms with Gasteiger partial charge in [-0.1, -0.05) is 30.3 Å². The van der Waals surface area contributed by atoms with Crippen molar-refractivity contribution in [3.63, 3.8) is 0 Å². The van der Waals surface area contributed by atoms with Gasteiger partial charge in [0.25, 0.3) is 5.91 Å². The topological polar surface area (TPSA) is 62.6 Å². The molecule has 0 unspecified atom stereocenters. The number of hydrogen-bond acceptors (Lipinski definition) is 4. The molecule has 30 heavy (non-hydrogen) atoms. The third kappa shape index (κ3) is 6.64. The van der Waals surface area contributed by atoms with Crippen molar-refractivity contribution in [2.45, 2.75) is 23.6 Å². The molecule has 0 saturated heterocycles. The molecule has 0 fully saturated rings. The molecule has 1 amide bonds. The SMILES string of the molecule is CN(CCCNC(=O)c1ccc(C[S@@](=O)c2ccc(F)cc2)o1)Cc1ccccc1. The second-order valence-corrected chi connectivity index (χ2v) is 8.49. The lowest BCUT2D eigenvalue weighted by atomic mass is 10.2. The maximum atomic E-state index is 13.0. The number of halogens is 1. The van der Waals surface area contributed by atoms with Gasteiger partial charge in [-0.25, -0.2) is 4.39 Å². The van der Waals surface area contributed by atoms with Gasteiger partial charge < -0.3 is 14.6 Å². The molecule has 1 atom stereocenters. The third-order valence-electron chi connectivity index (χ3n) is 4.53. The number of amides is 1. The maximum Gasteiger partial charge on any atom is 0.286 e. The lowest BCUT2D eigenvalue weighted by molar-refractivity contribution is 0.0922. The van der Waals surface area contributed by atoms with Crippen molar-refractivity contribution in [2.75, 3.05) is 20.1 Å². The van der Waals surface area contributed by atoms with Crippen LogP contribution in [0.25, 0.3) is 0 Å². The van der Waals surface area contributed by atoms with E-state index in [0.717, 1.165) is 19.5 Å². The van der Waals surface area contributed by atoms with E-state index in [4.69, 9.17) is 4.42 Å². The molecular weight excluding hydrogens is 403 g/mol. The van der Waals surface area contributed by atoms with Gasteiger partial charge in [0, 0.05) is 18.0 Å². The van der Waals surface area contributed by atoms with Crippen molar-refractivity contribution in [3.8, 4) is 0 Å². The molecule has 0 radical (unpaired) electrons. The Morgan fingerprint density at radius 1 is 1.07 bits per heavy atom. The normalized spacial score (nSPS) is 12.1. The van der Waals surface area contributed by atoms with Gasteiger partial charge in [-0.3, -0.25) is 9.00 Å². The van der Waals surface area contributed by atoms with Gasteiger partial charge in [0.05, 0.1) is 16.6 Å². The van der Waals surface area contributed by atoms with E-state index < -0.39 is 10.8 Å². The summed E-state index contributed by atoms with van der Waals surface area (Å²) in [6.07, 6.45) is 0.817. The first-order valence-electron chi connectivity index (χ1n) is 9.74. The molecule has 0 aliphatic heterocycles. The first-order chi connectivity index (χ1) is 14.5. The highest BCUT2D eigenvalue weighted by atomic mass is 32.2. The van der Waals surface area contributed by atoms with E-state index in [2.05, 4.69) is 29.4 Å². The van der Waals surface area contributed by atoms with E-state index >= 15 is 0 Å². The van der Waals surface area contributed by atoms with Crippen LogP contribution in [0.4, 0.5) is 4.39 Å².